The van der Waals surface area contributed by atoms with Gasteiger partial charge in [-0.3, -0.25) is 4.90 Å². The van der Waals surface area contributed by atoms with Crippen molar-refractivity contribution in [2.45, 2.75) is 44.7 Å². The number of carboxylic acid groups (broad SMARTS) is 1. The van der Waals surface area contributed by atoms with Crippen LogP contribution in [-0.4, -0.2) is 57.3 Å². The van der Waals surface area contributed by atoms with Crippen molar-refractivity contribution in [2.75, 3.05) is 20.2 Å². The highest BCUT2D eigenvalue weighted by atomic mass is 19.4. The number of piperidine rings is 1. The first-order valence-corrected chi connectivity index (χ1v) is 13.7. The van der Waals surface area contributed by atoms with Gasteiger partial charge in [-0.05, 0) is 56.3 Å². The van der Waals surface area contributed by atoms with Crippen molar-refractivity contribution >= 4 is 17.0 Å². The molecule has 14 heteroatoms. The van der Waals surface area contributed by atoms with Crippen LogP contribution in [0.2, 0.25) is 0 Å². The monoisotopic (exact) mass is 620 g/mol. The molecule has 1 fully saturated rings. The lowest BCUT2D eigenvalue weighted by Crippen LogP contribution is -2.33. The molecule has 1 N–H and O–H groups in total. The van der Waals surface area contributed by atoms with Crippen molar-refractivity contribution in [2.24, 2.45) is 7.05 Å². The number of methoxy groups -OCH3 is 1. The minimum atomic E-state index is -4.48. The van der Waals surface area contributed by atoms with E-state index in [0.29, 0.717) is 42.4 Å². The summed E-state index contributed by atoms with van der Waals surface area (Å²) in [5.41, 5.74) is 0.839. The highest BCUT2D eigenvalue weighted by Crippen LogP contribution is 2.34. The van der Waals surface area contributed by atoms with Gasteiger partial charge in [0.1, 0.15) is 23.7 Å². The van der Waals surface area contributed by atoms with Crippen molar-refractivity contribution in [1.29, 1.82) is 0 Å². The molecule has 0 amide bonds. The Morgan fingerprint density at radius 2 is 1.82 bits per heavy atom. The standard InChI is InChI=1S/C30H29F5N4O5/c1-38-22-12-19(28(40)41)13-24(44-29(31)32)27(22)37-25(38)15-39-10-8-17(9-11-39)21-4-3-5-26(36-21)43-16-18-6-7-20(30(33,34)35)14-23(18)42-2/h3-7,12-14,17,29H,8-11,15-16H2,1-2H3,(H,40,41). The molecule has 2 aromatic heterocycles. The third-order valence-electron chi connectivity index (χ3n) is 7.61. The smallest absolute Gasteiger partial charge is 0.416 e. The first-order valence-electron chi connectivity index (χ1n) is 13.7. The molecule has 0 bridgehead atoms. The van der Waals surface area contributed by atoms with Crippen LogP contribution in [0.1, 0.15) is 51.8 Å². The fraction of sp³-hybridized carbons (Fsp3) is 0.367. The molecule has 0 radical (unpaired) electrons. The SMILES string of the molecule is COc1cc(C(F)(F)F)ccc1COc1cccc(C2CCN(Cc3nc4c(OC(F)F)cc(C(=O)O)cc4n3C)CC2)n1. The summed E-state index contributed by atoms with van der Waals surface area (Å²) in [6.07, 6.45) is -2.93. The predicted octanol–water partition coefficient (Wildman–Crippen LogP) is 6.25. The van der Waals surface area contributed by atoms with Gasteiger partial charge >= 0.3 is 18.8 Å². The number of aromatic carboxylic acids is 1. The summed E-state index contributed by atoms with van der Waals surface area (Å²) < 4.78 is 82.3. The number of imidazole rings is 1. The third-order valence-corrected chi connectivity index (χ3v) is 7.61. The van der Waals surface area contributed by atoms with Crippen molar-refractivity contribution in [3.63, 3.8) is 0 Å². The molecule has 9 nitrogen and oxygen atoms in total. The van der Waals surface area contributed by atoms with Crippen LogP contribution >= 0.6 is 0 Å². The van der Waals surface area contributed by atoms with E-state index in [0.717, 1.165) is 36.7 Å². The van der Waals surface area contributed by atoms with E-state index in [1.807, 2.05) is 12.1 Å². The summed E-state index contributed by atoms with van der Waals surface area (Å²) in [5.74, 6) is -0.427. The molecular formula is C30H29F5N4O5. The summed E-state index contributed by atoms with van der Waals surface area (Å²) in [4.78, 5) is 22.8. The van der Waals surface area contributed by atoms with Gasteiger partial charge in [-0.15, -0.1) is 0 Å². The normalized spacial score (nSPS) is 14.7. The highest BCUT2D eigenvalue weighted by Gasteiger charge is 2.31. The molecule has 1 saturated heterocycles. The molecule has 4 aromatic rings. The average molecular weight is 621 g/mol. The van der Waals surface area contributed by atoms with Gasteiger partial charge in [0.2, 0.25) is 5.88 Å². The summed E-state index contributed by atoms with van der Waals surface area (Å²) in [5, 5.41) is 9.40. The number of rotatable bonds is 10. The molecule has 2 aromatic carbocycles. The average Bonchev–Trinajstić information content (AvgIpc) is 3.30. The summed E-state index contributed by atoms with van der Waals surface area (Å²) in [7, 11) is 3.00. The zero-order chi connectivity index (χ0) is 31.6. The van der Waals surface area contributed by atoms with Gasteiger partial charge in [-0.25, -0.2) is 14.8 Å². The van der Waals surface area contributed by atoms with Gasteiger partial charge in [0.15, 0.2) is 5.75 Å². The van der Waals surface area contributed by atoms with Crippen LogP contribution in [0.4, 0.5) is 22.0 Å². The highest BCUT2D eigenvalue weighted by molar-refractivity contribution is 5.95. The number of halogens is 5. The molecular weight excluding hydrogens is 591 g/mol. The van der Waals surface area contributed by atoms with E-state index >= 15 is 0 Å². The number of nitrogens with zero attached hydrogens (tertiary/aromatic N) is 4. The fourth-order valence-electron chi connectivity index (χ4n) is 5.27. The lowest BCUT2D eigenvalue weighted by atomic mass is 9.93. The van der Waals surface area contributed by atoms with E-state index in [4.69, 9.17) is 9.47 Å². The lowest BCUT2D eigenvalue weighted by molar-refractivity contribution is -0.137. The Balaban J connectivity index is 1.23. The van der Waals surface area contributed by atoms with Crippen LogP contribution in [0, 0.1) is 0 Å². The number of pyridine rings is 1. The van der Waals surface area contributed by atoms with E-state index in [1.165, 1.54) is 19.2 Å². The number of likely N-dealkylation sites (tertiary alicyclic amines) is 1. The van der Waals surface area contributed by atoms with Crippen LogP contribution < -0.4 is 14.2 Å². The maximum atomic E-state index is 13.0. The number of benzene rings is 2. The van der Waals surface area contributed by atoms with E-state index in [1.54, 1.807) is 17.7 Å². The second-order valence-corrected chi connectivity index (χ2v) is 10.4. The van der Waals surface area contributed by atoms with Gasteiger partial charge in [0.25, 0.3) is 0 Å². The topological polar surface area (TPSA) is 98.9 Å². The van der Waals surface area contributed by atoms with Gasteiger partial charge in [0.05, 0.1) is 30.3 Å². The molecule has 234 valence electrons. The Morgan fingerprint density at radius 1 is 1.07 bits per heavy atom. The van der Waals surface area contributed by atoms with E-state index < -0.39 is 24.3 Å². The molecule has 0 spiro atoms. The summed E-state index contributed by atoms with van der Waals surface area (Å²) in [6.45, 7) is -1.34. The van der Waals surface area contributed by atoms with Gasteiger partial charge < -0.3 is 23.9 Å². The van der Waals surface area contributed by atoms with Crippen LogP contribution in [0.25, 0.3) is 11.0 Å². The molecule has 1 aliphatic heterocycles. The maximum Gasteiger partial charge on any atom is 0.416 e. The Bertz CT molecular complexity index is 1650. The number of alkyl halides is 5. The van der Waals surface area contributed by atoms with Crippen LogP contribution in [0.15, 0.2) is 48.5 Å². The molecule has 3 heterocycles. The van der Waals surface area contributed by atoms with Crippen molar-refractivity contribution in [1.82, 2.24) is 19.4 Å². The molecule has 0 unspecified atom stereocenters. The quantitative estimate of drug-likeness (QED) is 0.208. The van der Waals surface area contributed by atoms with Gasteiger partial charge in [-0.2, -0.15) is 22.0 Å². The van der Waals surface area contributed by atoms with Crippen molar-refractivity contribution in [3.8, 4) is 17.4 Å². The summed E-state index contributed by atoms with van der Waals surface area (Å²) >= 11 is 0. The Morgan fingerprint density at radius 3 is 2.48 bits per heavy atom. The predicted molar refractivity (Wildman–Crippen MR) is 148 cm³/mol. The number of aryl methyl sites for hydroxylation is 1. The first kappa shape index (κ1) is 31.0. The van der Waals surface area contributed by atoms with Crippen LogP contribution in [-0.2, 0) is 26.4 Å². The number of hydrogen-bond acceptors (Lipinski definition) is 7. The number of ether oxygens (including phenoxy) is 3. The van der Waals surface area contributed by atoms with Crippen LogP contribution in [0.5, 0.6) is 17.4 Å². The second kappa shape index (κ2) is 12.6. The molecule has 0 aliphatic carbocycles. The third kappa shape index (κ3) is 6.85. The van der Waals surface area contributed by atoms with Gasteiger partial charge in [-0.1, -0.05) is 12.1 Å². The van der Waals surface area contributed by atoms with Gasteiger partial charge in [0, 0.05) is 30.3 Å². The molecule has 1 aliphatic rings. The zero-order valence-corrected chi connectivity index (χ0v) is 23.8. The Labute approximate surface area is 248 Å². The molecule has 0 atom stereocenters. The fourth-order valence-corrected chi connectivity index (χ4v) is 5.27. The minimum Gasteiger partial charge on any atom is -0.496 e. The largest absolute Gasteiger partial charge is 0.496 e. The summed E-state index contributed by atoms with van der Waals surface area (Å²) in [6, 6.07) is 11.1. The van der Waals surface area contributed by atoms with E-state index in [2.05, 4.69) is 19.6 Å². The van der Waals surface area contributed by atoms with Crippen molar-refractivity contribution < 1.29 is 46.1 Å². The number of aromatic nitrogens is 3. The molecule has 0 saturated carbocycles. The van der Waals surface area contributed by atoms with E-state index in [9.17, 15) is 31.9 Å². The molecule has 44 heavy (non-hydrogen) atoms. The minimum absolute atomic E-state index is 0.0216. The van der Waals surface area contributed by atoms with Crippen LogP contribution in [0.3, 0.4) is 0 Å². The van der Waals surface area contributed by atoms with E-state index in [-0.39, 0.29) is 35.1 Å². The number of fused-ring (bicyclic) bond motifs is 1. The maximum absolute atomic E-state index is 13.0. The second-order valence-electron chi connectivity index (χ2n) is 10.4. The Hall–Kier alpha value is -4.46. The molecule has 5 rings (SSSR count). The first-order chi connectivity index (χ1) is 20.9. The number of carboxylic acids is 1. The number of carbonyl (C=O) groups is 1. The van der Waals surface area contributed by atoms with Crippen molar-refractivity contribution in [3.05, 3.63) is 76.7 Å². The number of hydrogen-bond donors (Lipinski definition) is 1. The lowest BCUT2D eigenvalue weighted by Gasteiger charge is -2.31. The zero-order valence-electron chi connectivity index (χ0n) is 23.8. The Kier molecular flexibility index (Phi) is 8.90.